The number of benzene rings is 2. The molecule has 0 saturated heterocycles. The van der Waals surface area contributed by atoms with Crippen molar-refractivity contribution in [3.05, 3.63) is 71.2 Å². The van der Waals surface area contributed by atoms with Crippen molar-refractivity contribution in [2.75, 3.05) is 18.9 Å². The molecule has 17 heteroatoms. The molecular weight excluding hydrogens is 607 g/mol. The fourth-order valence-electron chi connectivity index (χ4n) is 4.36. The Morgan fingerprint density at radius 3 is 2.08 bits per heavy atom. The minimum absolute atomic E-state index is 0.0125. The van der Waals surface area contributed by atoms with E-state index in [0.717, 1.165) is 0 Å². The molecule has 1 fully saturated rings. The van der Waals surface area contributed by atoms with Crippen LogP contribution in [0.15, 0.2) is 61.2 Å². The van der Waals surface area contributed by atoms with Gasteiger partial charge in [0.25, 0.3) is 0 Å². The summed E-state index contributed by atoms with van der Waals surface area (Å²) in [6.45, 7) is -0.508. The second-order valence-corrected chi connectivity index (χ2v) is 12.5. The van der Waals surface area contributed by atoms with Gasteiger partial charge >= 0.3 is 15.6 Å². The predicted molar refractivity (Wildman–Crippen MR) is 146 cm³/mol. The zero-order valence-electron chi connectivity index (χ0n) is 20.5. The third-order valence-electron chi connectivity index (χ3n) is 6.37. The van der Waals surface area contributed by atoms with Gasteiger partial charge in [0.15, 0.2) is 11.5 Å². The van der Waals surface area contributed by atoms with Gasteiger partial charge in [0, 0.05) is 12.0 Å². The van der Waals surface area contributed by atoms with Crippen LogP contribution in [0.3, 0.4) is 0 Å². The van der Waals surface area contributed by atoms with Gasteiger partial charge in [0.1, 0.15) is 23.3 Å². The molecule has 0 bridgehead atoms. The molecule has 212 valence electrons. The molecule has 40 heavy (non-hydrogen) atoms. The van der Waals surface area contributed by atoms with Crippen molar-refractivity contribution in [2.24, 2.45) is 11.8 Å². The van der Waals surface area contributed by atoms with Gasteiger partial charge in [-0.05, 0) is 36.6 Å². The number of nitrogens with zero attached hydrogens (tertiary/aromatic N) is 4. The Kier molecular flexibility index (Phi) is 8.37. The lowest BCUT2D eigenvalue weighted by atomic mass is 9.70. The Hall–Kier alpha value is -2.73. The topological polar surface area (TPSA) is 181 Å². The number of rotatable bonds is 11. The van der Waals surface area contributed by atoms with Gasteiger partial charge in [0.2, 0.25) is 0 Å². The first kappa shape index (κ1) is 28.8. The Morgan fingerprint density at radius 2 is 1.48 bits per heavy atom. The highest BCUT2D eigenvalue weighted by molar-refractivity contribution is 7.48. The van der Waals surface area contributed by atoms with Crippen LogP contribution in [0.1, 0.15) is 12.5 Å². The van der Waals surface area contributed by atoms with Crippen LogP contribution in [-0.2, 0) is 18.2 Å². The minimum atomic E-state index is -4.60. The number of fused-ring (bicyclic) bond motifs is 1. The van der Waals surface area contributed by atoms with Crippen molar-refractivity contribution < 1.29 is 37.0 Å². The highest BCUT2D eigenvalue weighted by Crippen LogP contribution is 2.53. The van der Waals surface area contributed by atoms with Gasteiger partial charge in [-0.3, -0.25) is 18.8 Å². The average molecular weight is 630 g/mol. The fraction of sp³-hybridized carbons (Fsp3) is 0.261. The number of nitrogens with two attached hydrogens (primary N) is 1. The van der Waals surface area contributed by atoms with E-state index in [-0.39, 0.29) is 46.6 Å². The number of phosphoric ester groups is 2. The van der Waals surface area contributed by atoms with Gasteiger partial charge < -0.3 is 19.3 Å². The third-order valence-corrected chi connectivity index (χ3v) is 8.80. The fourth-order valence-corrected chi connectivity index (χ4v) is 6.48. The van der Waals surface area contributed by atoms with E-state index in [1.165, 1.54) is 36.9 Å². The van der Waals surface area contributed by atoms with Crippen molar-refractivity contribution in [3.63, 3.8) is 0 Å². The summed E-state index contributed by atoms with van der Waals surface area (Å²) in [5, 5.41) is 0.272. The largest absolute Gasteiger partial charge is 0.527 e. The molecule has 5 rings (SSSR count). The molecule has 0 radical (unpaired) electrons. The molecule has 1 saturated carbocycles. The lowest BCUT2D eigenvalue weighted by Gasteiger charge is -2.45. The number of phosphoric acid groups is 2. The van der Waals surface area contributed by atoms with Crippen molar-refractivity contribution in [2.45, 2.75) is 12.5 Å². The van der Waals surface area contributed by atoms with Crippen molar-refractivity contribution in [3.8, 4) is 11.5 Å². The van der Waals surface area contributed by atoms with Gasteiger partial charge in [-0.15, -0.1) is 0 Å². The first-order valence-electron chi connectivity index (χ1n) is 11.8. The number of hydrogen-bond acceptors (Lipinski definition) is 10. The summed E-state index contributed by atoms with van der Waals surface area (Å²) in [6.07, 6.45) is 3.26. The van der Waals surface area contributed by atoms with Gasteiger partial charge in [0.05, 0.1) is 29.6 Å². The van der Waals surface area contributed by atoms with Crippen molar-refractivity contribution in [1.29, 1.82) is 0 Å². The third kappa shape index (κ3) is 6.43. The summed E-state index contributed by atoms with van der Waals surface area (Å²) < 4.78 is 48.0. The quantitative estimate of drug-likeness (QED) is 0.183. The highest BCUT2D eigenvalue weighted by Gasteiger charge is 2.46. The van der Waals surface area contributed by atoms with E-state index in [1.54, 1.807) is 28.8 Å². The van der Waals surface area contributed by atoms with Crippen LogP contribution < -0.4 is 14.8 Å². The molecule has 5 atom stereocenters. The van der Waals surface area contributed by atoms with Crippen molar-refractivity contribution in [1.82, 2.24) is 19.5 Å². The molecule has 4 aromatic rings. The smallest absolute Gasteiger partial charge is 0.403 e. The van der Waals surface area contributed by atoms with E-state index < -0.39 is 27.5 Å². The molecular formula is C23H23Cl2N5O8P2. The summed E-state index contributed by atoms with van der Waals surface area (Å²) in [4.78, 5) is 33.1. The molecule has 13 nitrogen and oxygen atoms in total. The van der Waals surface area contributed by atoms with E-state index in [0.29, 0.717) is 17.6 Å². The first-order valence-corrected chi connectivity index (χ1v) is 15.5. The number of aromatic nitrogens is 4. The van der Waals surface area contributed by atoms with Gasteiger partial charge in [-0.1, -0.05) is 47.5 Å². The molecule has 4 N–H and O–H groups in total. The Morgan fingerprint density at radius 1 is 0.900 bits per heavy atom. The molecule has 0 aliphatic heterocycles. The standard InChI is InChI=1S/C23H23Cl2N5O8P2/c24-16-5-1-3-7-19(16)37-39(31,32)35-10-14-9-18(30-13-29-21-22(26)27-12-28-23(21)30)15(14)11-36-40(33,34)38-20-8-4-2-6-17(20)25/h1-8,12-15,18H,9-11H2,(H,31,32)(H,33,34)(H2,26,27,28)/t14-,15+,18-/m1/s1. The highest BCUT2D eigenvalue weighted by atomic mass is 35.5. The van der Waals surface area contributed by atoms with E-state index in [1.807, 2.05) is 0 Å². The number of hydrogen-bond donors (Lipinski definition) is 3. The van der Waals surface area contributed by atoms with E-state index >= 15 is 0 Å². The first-order chi connectivity index (χ1) is 19.0. The predicted octanol–water partition coefficient (Wildman–Crippen LogP) is 5.28. The number of para-hydroxylation sites is 2. The molecule has 0 spiro atoms. The Bertz CT molecular complexity index is 1630. The molecule has 2 aromatic carbocycles. The van der Waals surface area contributed by atoms with Gasteiger partial charge in [-0.2, -0.15) is 0 Å². The van der Waals surface area contributed by atoms with Crippen LogP contribution in [0.4, 0.5) is 5.82 Å². The van der Waals surface area contributed by atoms with E-state index in [9.17, 15) is 18.9 Å². The van der Waals surface area contributed by atoms with E-state index in [2.05, 4.69) is 15.0 Å². The van der Waals surface area contributed by atoms with Crippen molar-refractivity contribution >= 4 is 55.8 Å². The second-order valence-electron chi connectivity index (χ2n) is 8.88. The molecule has 0 amide bonds. The summed E-state index contributed by atoms with van der Waals surface area (Å²) in [7, 11) is -9.16. The summed E-state index contributed by atoms with van der Waals surface area (Å²) in [5.74, 6) is -0.726. The van der Waals surface area contributed by atoms with Crippen LogP contribution >= 0.6 is 38.8 Å². The zero-order chi connectivity index (χ0) is 28.5. The van der Waals surface area contributed by atoms with Crippen LogP contribution in [0, 0.1) is 11.8 Å². The minimum Gasteiger partial charge on any atom is -0.403 e. The monoisotopic (exact) mass is 629 g/mol. The van der Waals surface area contributed by atoms with E-state index in [4.69, 9.17) is 47.0 Å². The number of halogens is 2. The maximum absolute atomic E-state index is 12.7. The number of anilines is 1. The van der Waals surface area contributed by atoms with Crippen LogP contribution in [0.5, 0.6) is 11.5 Å². The zero-order valence-corrected chi connectivity index (χ0v) is 23.8. The Balaban J connectivity index is 1.32. The average Bonchev–Trinajstić information content (AvgIpc) is 3.31. The van der Waals surface area contributed by atoms with Crippen LogP contribution in [0.2, 0.25) is 10.0 Å². The summed E-state index contributed by atoms with van der Waals surface area (Å²) in [5.41, 5.74) is 6.76. The van der Waals surface area contributed by atoms with Crippen LogP contribution in [0.25, 0.3) is 11.2 Å². The molecule has 2 aromatic heterocycles. The molecule has 1 aliphatic carbocycles. The molecule has 1 aliphatic rings. The Labute approximate surface area is 238 Å². The van der Waals surface area contributed by atoms with Gasteiger partial charge in [-0.25, -0.2) is 24.1 Å². The van der Waals surface area contributed by atoms with Crippen LogP contribution in [-0.4, -0.2) is 42.5 Å². The maximum atomic E-state index is 12.7. The maximum Gasteiger partial charge on any atom is 0.527 e. The summed E-state index contributed by atoms with van der Waals surface area (Å²) >= 11 is 12.0. The summed E-state index contributed by atoms with van der Waals surface area (Å²) in [6, 6.07) is 12.0. The normalized spacial score (nSPS) is 21.8. The second kappa shape index (κ2) is 11.6. The SMILES string of the molecule is Nc1ncnc2c1ncn2[C@@H]1C[C@H](COP(=O)(O)Oc2ccccc2Cl)[C@@H]1COP(=O)(O)Oc1ccccc1Cl. The number of nitrogen functional groups attached to an aromatic ring is 1. The molecule has 2 unspecified atom stereocenters. The lowest BCUT2D eigenvalue weighted by molar-refractivity contribution is -0.00444. The molecule has 2 heterocycles. The number of imidazole rings is 1. The lowest BCUT2D eigenvalue weighted by Crippen LogP contribution is -2.43.